The van der Waals surface area contributed by atoms with E-state index in [1.54, 1.807) is 44.7 Å². The Balaban J connectivity index is 1.81. The van der Waals surface area contributed by atoms with Crippen LogP contribution in [0.3, 0.4) is 0 Å². The topological polar surface area (TPSA) is 84.4 Å². The molecular weight excluding hydrogens is 406 g/mol. The molecule has 0 spiro atoms. The van der Waals surface area contributed by atoms with Crippen molar-refractivity contribution in [3.63, 3.8) is 0 Å². The van der Waals surface area contributed by atoms with Crippen LogP contribution in [0.25, 0.3) is 0 Å². The van der Waals surface area contributed by atoms with Crippen molar-refractivity contribution in [2.24, 2.45) is 5.41 Å². The fourth-order valence-corrected chi connectivity index (χ4v) is 3.25. The Bertz CT molecular complexity index is 1000. The molecule has 0 aromatic carbocycles. The summed E-state index contributed by atoms with van der Waals surface area (Å²) in [6.07, 6.45) is 0.446. The highest BCUT2D eigenvalue weighted by atomic mass is 19.3. The number of fused-ring (bicyclic) bond motifs is 1. The maximum atomic E-state index is 13.0. The van der Waals surface area contributed by atoms with E-state index in [1.807, 2.05) is 6.92 Å². The number of pyridine rings is 2. The van der Waals surface area contributed by atoms with Crippen LogP contribution < -0.4 is 10.1 Å². The van der Waals surface area contributed by atoms with Gasteiger partial charge in [-0.3, -0.25) is 9.59 Å². The van der Waals surface area contributed by atoms with E-state index in [4.69, 9.17) is 4.74 Å². The zero-order valence-corrected chi connectivity index (χ0v) is 18.2. The van der Waals surface area contributed by atoms with Gasteiger partial charge in [0, 0.05) is 34.5 Å². The molecule has 0 fully saturated rings. The molecule has 0 radical (unpaired) electrons. The summed E-state index contributed by atoms with van der Waals surface area (Å²) in [5.74, 6) is 0.160. The van der Waals surface area contributed by atoms with Gasteiger partial charge in [0.25, 0.3) is 12.3 Å². The van der Waals surface area contributed by atoms with Gasteiger partial charge < -0.3 is 15.0 Å². The normalized spacial score (nSPS) is 14.6. The number of ether oxygens (including phenoxy) is 1. The Labute approximate surface area is 179 Å². The summed E-state index contributed by atoms with van der Waals surface area (Å²) in [6.45, 7) is 8.54. The monoisotopic (exact) mass is 432 g/mol. The average Bonchev–Trinajstić information content (AvgIpc) is 3.03. The summed E-state index contributed by atoms with van der Waals surface area (Å²) in [4.78, 5) is 35.5. The van der Waals surface area contributed by atoms with Crippen LogP contribution in [0.5, 0.6) is 5.88 Å². The Hall–Kier alpha value is -3.10. The Kier molecular flexibility index (Phi) is 6.24. The molecule has 0 aliphatic carbocycles. The van der Waals surface area contributed by atoms with Gasteiger partial charge in [-0.1, -0.05) is 20.8 Å². The molecule has 166 valence electrons. The Morgan fingerprint density at radius 2 is 2.03 bits per heavy atom. The third-order valence-electron chi connectivity index (χ3n) is 5.14. The van der Waals surface area contributed by atoms with E-state index in [9.17, 15) is 18.4 Å². The van der Waals surface area contributed by atoms with Crippen molar-refractivity contribution in [3.05, 3.63) is 46.8 Å². The van der Waals surface area contributed by atoms with E-state index < -0.39 is 18.4 Å². The van der Waals surface area contributed by atoms with Gasteiger partial charge in [0.15, 0.2) is 6.61 Å². The lowest BCUT2D eigenvalue weighted by Gasteiger charge is -2.25. The Morgan fingerprint density at radius 3 is 2.65 bits per heavy atom. The lowest BCUT2D eigenvalue weighted by molar-refractivity contribution is -0.123. The van der Waals surface area contributed by atoms with Crippen LogP contribution in [0, 0.1) is 12.3 Å². The van der Waals surface area contributed by atoms with E-state index in [1.165, 1.54) is 12.4 Å². The number of nitrogens with one attached hydrogen (secondary N) is 1. The van der Waals surface area contributed by atoms with Crippen molar-refractivity contribution >= 4 is 17.6 Å². The van der Waals surface area contributed by atoms with Gasteiger partial charge in [-0.15, -0.1) is 0 Å². The van der Waals surface area contributed by atoms with Crippen LogP contribution in [-0.2, 0) is 11.3 Å². The largest absolute Gasteiger partial charge is 0.471 e. The number of amides is 2. The molecule has 3 heterocycles. The first-order valence-corrected chi connectivity index (χ1v) is 9.96. The smallest absolute Gasteiger partial charge is 0.272 e. The quantitative estimate of drug-likeness (QED) is 0.742. The number of carbonyl (C=O) groups is 2. The van der Waals surface area contributed by atoms with Gasteiger partial charge in [0.2, 0.25) is 11.8 Å². The van der Waals surface area contributed by atoms with E-state index in [0.29, 0.717) is 22.5 Å². The number of hydrogen-bond donors (Lipinski definition) is 1. The van der Waals surface area contributed by atoms with E-state index in [-0.39, 0.29) is 30.3 Å². The summed E-state index contributed by atoms with van der Waals surface area (Å²) in [5.41, 5.74) is 1.91. The lowest BCUT2D eigenvalue weighted by atomic mass is 9.95. The van der Waals surface area contributed by atoms with Crippen LogP contribution in [0.1, 0.15) is 60.8 Å². The molecule has 2 amide bonds. The molecular formula is C22H26F2N4O3. The van der Waals surface area contributed by atoms with E-state index >= 15 is 0 Å². The second-order valence-electron chi connectivity index (χ2n) is 8.59. The van der Waals surface area contributed by atoms with Gasteiger partial charge in [0.05, 0.1) is 12.6 Å². The minimum atomic E-state index is -2.58. The lowest BCUT2D eigenvalue weighted by Crippen LogP contribution is -2.29. The van der Waals surface area contributed by atoms with Crippen molar-refractivity contribution in [3.8, 4) is 5.88 Å². The number of rotatable bonds is 6. The van der Waals surface area contributed by atoms with Gasteiger partial charge in [-0.2, -0.15) is 0 Å². The minimum absolute atomic E-state index is 0.142. The van der Waals surface area contributed by atoms with Crippen molar-refractivity contribution in [1.82, 2.24) is 14.9 Å². The minimum Gasteiger partial charge on any atom is -0.471 e. The number of anilines is 1. The van der Waals surface area contributed by atoms with E-state index in [0.717, 1.165) is 5.56 Å². The van der Waals surface area contributed by atoms with Crippen molar-refractivity contribution in [2.45, 2.75) is 53.6 Å². The summed E-state index contributed by atoms with van der Waals surface area (Å²) in [7, 11) is 0. The average molecular weight is 432 g/mol. The molecule has 1 aliphatic rings. The summed E-state index contributed by atoms with van der Waals surface area (Å²) in [6, 6.07) is 3.08. The highest BCUT2D eigenvalue weighted by Crippen LogP contribution is 2.35. The first-order chi connectivity index (χ1) is 14.5. The van der Waals surface area contributed by atoms with Crippen molar-refractivity contribution in [1.29, 1.82) is 0 Å². The first kappa shape index (κ1) is 22.6. The number of aromatic nitrogens is 2. The zero-order valence-electron chi connectivity index (χ0n) is 18.2. The molecule has 0 bridgehead atoms. The van der Waals surface area contributed by atoms with Crippen molar-refractivity contribution in [2.75, 3.05) is 11.9 Å². The predicted molar refractivity (Wildman–Crippen MR) is 111 cm³/mol. The van der Waals surface area contributed by atoms with Crippen LogP contribution in [0.15, 0.2) is 24.5 Å². The van der Waals surface area contributed by atoms with Crippen LogP contribution in [0.2, 0.25) is 0 Å². The molecule has 31 heavy (non-hydrogen) atoms. The molecule has 2 aromatic heterocycles. The molecule has 7 nitrogen and oxygen atoms in total. The van der Waals surface area contributed by atoms with E-state index in [2.05, 4.69) is 15.3 Å². The molecule has 9 heteroatoms. The fourth-order valence-electron chi connectivity index (χ4n) is 3.25. The second kappa shape index (κ2) is 8.56. The van der Waals surface area contributed by atoms with Gasteiger partial charge in [0.1, 0.15) is 5.82 Å². The number of halogens is 2. The van der Waals surface area contributed by atoms with Crippen LogP contribution >= 0.6 is 0 Å². The molecule has 3 rings (SSSR count). The predicted octanol–water partition coefficient (Wildman–Crippen LogP) is 4.13. The third kappa shape index (κ3) is 4.81. The molecule has 1 atom stereocenters. The first-order valence-electron chi connectivity index (χ1n) is 9.96. The zero-order chi connectivity index (χ0) is 22.9. The molecule has 1 N–H and O–H groups in total. The second-order valence-corrected chi connectivity index (χ2v) is 8.59. The SMILES string of the molecule is Cc1cc(C(C)N2Cc3c(ccnc3NC(=O)C(C)(C)C)C2=O)cnc1OCC(F)F. The Morgan fingerprint density at radius 1 is 1.32 bits per heavy atom. The molecule has 0 saturated heterocycles. The molecule has 0 saturated carbocycles. The number of carbonyl (C=O) groups excluding carboxylic acids is 2. The van der Waals surface area contributed by atoms with Crippen molar-refractivity contribution < 1.29 is 23.1 Å². The highest BCUT2D eigenvalue weighted by Gasteiger charge is 2.35. The summed E-state index contributed by atoms with van der Waals surface area (Å²) in [5, 5.41) is 2.82. The van der Waals surface area contributed by atoms with Gasteiger partial charge in [-0.25, -0.2) is 18.7 Å². The number of hydrogen-bond acceptors (Lipinski definition) is 5. The maximum Gasteiger partial charge on any atom is 0.272 e. The highest BCUT2D eigenvalue weighted by molar-refractivity contribution is 6.02. The van der Waals surface area contributed by atoms with Gasteiger partial charge in [-0.05, 0) is 31.5 Å². The molecule has 1 aliphatic heterocycles. The molecule has 2 aromatic rings. The third-order valence-corrected chi connectivity index (χ3v) is 5.14. The number of alkyl halides is 2. The number of nitrogens with zero attached hydrogens (tertiary/aromatic N) is 3. The summed E-state index contributed by atoms with van der Waals surface area (Å²) < 4.78 is 29.8. The number of aryl methyl sites for hydroxylation is 1. The molecule has 1 unspecified atom stereocenters. The maximum absolute atomic E-state index is 13.0. The fraction of sp³-hybridized carbons (Fsp3) is 0.455. The standard InChI is InChI=1S/C22H26F2N4O3/c1-12-8-14(9-26-19(12)31-11-17(23)24)13(2)28-10-16-15(20(28)29)6-7-25-18(16)27-21(30)22(3,4)5/h6-9,13,17H,10-11H2,1-5H3,(H,25,27,30). The van der Waals surface area contributed by atoms with Gasteiger partial charge >= 0.3 is 0 Å². The van der Waals surface area contributed by atoms with Crippen LogP contribution in [0.4, 0.5) is 14.6 Å². The summed E-state index contributed by atoms with van der Waals surface area (Å²) >= 11 is 0. The van der Waals surface area contributed by atoms with Crippen LogP contribution in [-0.4, -0.2) is 39.7 Å².